The first-order valence-corrected chi connectivity index (χ1v) is 9.55. The molecule has 2 aromatic carbocycles. The molecule has 2 aromatic heterocycles. The number of carbonyl (C=O) groups is 1. The Balaban J connectivity index is 1.55. The Morgan fingerprint density at radius 3 is 2.55 bits per heavy atom. The van der Waals surface area contributed by atoms with E-state index in [1.165, 1.54) is 0 Å². The van der Waals surface area contributed by atoms with E-state index in [2.05, 4.69) is 10.3 Å². The summed E-state index contributed by atoms with van der Waals surface area (Å²) in [6.45, 7) is 2.44. The van der Waals surface area contributed by atoms with Crippen LogP contribution in [-0.4, -0.2) is 20.7 Å². The number of nitrogens with one attached hydrogen (secondary N) is 1. The summed E-state index contributed by atoms with van der Waals surface area (Å²) in [5, 5.41) is 7.80. The van der Waals surface area contributed by atoms with Gasteiger partial charge in [0.25, 0.3) is 0 Å². The van der Waals surface area contributed by atoms with Gasteiger partial charge in [-0.3, -0.25) is 9.78 Å². The second kappa shape index (κ2) is 8.52. The molecule has 0 saturated heterocycles. The second-order valence-corrected chi connectivity index (χ2v) is 6.96. The Labute approximate surface area is 170 Å². The van der Waals surface area contributed by atoms with Crippen molar-refractivity contribution in [3.63, 3.8) is 0 Å². The van der Waals surface area contributed by atoms with E-state index in [1.54, 1.807) is 12.4 Å². The van der Waals surface area contributed by atoms with Crippen molar-refractivity contribution < 1.29 is 4.79 Å². The molecule has 5 heteroatoms. The Hall–Kier alpha value is -3.73. The van der Waals surface area contributed by atoms with Crippen LogP contribution < -0.4 is 5.32 Å². The van der Waals surface area contributed by atoms with Gasteiger partial charge in [-0.2, -0.15) is 5.10 Å². The Morgan fingerprint density at radius 1 is 1.00 bits per heavy atom. The van der Waals surface area contributed by atoms with Crippen molar-refractivity contribution in [2.45, 2.75) is 19.9 Å². The van der Waals surface area contributed by atoms with Gasteiger partial charge in [-0.25, -0.2) is 4.68 Å². The molecule has 0 saturated carbocycles. The number of nitrogens with zero attached hydrogens (tertiary/aromatic N) is 3. The SMILES string of the molecule is Cc1cccc(CC(=O)NCc2cn(-c3ccccc3)nc2-c2ccncc2)c1. The lowest BCUT2D eigenvalue weighted by Crippen LogP contribution is -2.24. The number of amides is 1. The predicted octanol–water partition coefficient (Wildman–Crippen LogP) is 4.10. The highest BCUT2D eigenvalue weighted by atomic mass is 16.1. The van der Waals surface area contributed by atoms with Crippen LogP contribution in [0.5, 0.6) is 0 Å². The van der Waals surface area contributed by atoms with Gasteiger partial charge in [0.1, 0.15) is 0 Å². The number of aryl methyl sites for hydroxylation is 1. The van der Waals surface area contributed by atoms with Gasteiger partial charge in [0.15, 0.2) is 0 Å². The van der Waals surface area contributed by atoms with E-state index in [9.17, 15) is 4.79 Å². The highest BCUT2D eigenvalue weighted by Gasteiger charge is 2.13. The molecule has 0 fully saturated rings. The molecule has 0 aliphatic heterocycles. The molecule has 5 nitrogen and oxygen atoms in total. The topological polar surface area (TPSA) is 59.8 Å². The molecule has 0 aliphatic carbocycles. The van der Waals surface area contributed by atoms with Gasteiger partial charge < -0.3 is 5.32 Å². The van der Waals surface area contributed by atoms with Crippen molar-refractivity contribution in [3.8, 4) is 16.9 Å². The minimum absolute atomic E-state index is 0.0104. The highest BCUT2D eigenvalue weighted by molar-refractivity contribution is 5.79. The molecule has 0 radical (unpaired) electrons. The van der Waals surface area contributed by atoms with Crippen molar-refractivity contribution in [2.75, 3.05) is 0 Å². The number of aromatic nitrogens is 3. The first-order chi connectivity index (χ1) is 14.2. The average Bonchev–Trinajstić information content (AvgIpc) is 3.18. The number of carbonyl (C=O) groups excluding carboxylic acids is 1. The summed E-state index contributed by atoms with van der Waals surface area (Å²) in [4.78, 5) is 16.6. The molecule has 144 valence electrons. The molecular weight excluding hydrogens is 360 g/mol. The van der Waals surface area contributed by atoms with Crippen molar-refractivity contribution in [3.05, 3.63) is 102 Å². The van der Waals surface area contributed by atoms with Crippen LogP contribution in [0, 0.1) is 6.92 Å². The molecule has 0 aliphatic rings. The number of pyridine rings is 1. The average molecular weight is 382 g/mol. The van der Waals surface area contributed by atoms with Gasteiger partial charge in [-0.1, -0.05) is 48.0 Å². The third kappa shape index (κ3) is 4.58. The number of para-hydroxylation sites is 1. The summed E-state index contributed by atoms with van der Waals surface area (Å²) < 4.78 is 1.85. The molecule has 0 atom stereocenters. The summed E-state index contributed by atoms with van der Waals surface area (Å²) in [6.07, 6.45) is 5.82. The van der Waals surface area contributed by atoms with Crippen molar-refractivity contribution in [1.29, 1.82) is 0 Å². The standard InChI is InChI=1S/C24H22N4O/c1-18-6-5-7-19(14-18)15-23(29)26-16-21-17-28(22-8-3-2-4-9-22)27-24(21)20-10-12-25-13-11-20/h2-14,17H,15-16H2,1H3,(H,26,29). The normalized spacial score (nSPS) is 10.7. The minimum Gasteiger partial charge on any atom is -0.352 e. The third-order valence-corrected chi connectivity index (χ3v) is 4.69. The molecule has 0 unspecified atom stereocenters. The van der Waals surface area contributed by atoms with Gasteiger partial charge in [-0.05, 0) is 36.8 Å². The van der Waals surface area contributed by atoms with Gasteiger partial charge in [0.2, 0.25) is 5.91 Å². The quantitative estimate of drug-likeness (QED) is 0.546. The van der Waals surface area contributed by atoms with Crippen molar-refractivity contribution >= 4 is 5.91 Å². The minimum atomic E-state index is -0.0104. The van der Waals surface area contributed by atoms with Crippen molar-refractivity contribution in [1.82, 2.24) is 20.1 Å². The predicted molar refractivity (Wildman–Crippen MR) is 114 cm³/mol. The van der Waals surface area contributed by atoms with E-state index in [1.807, 2.05) is 84.5 Å². The molecule has 0 spiro atoms. The summed E-state index contributed by atoms with van der Waals surface area (Å²) in [6, 6.07) is 21.8. The second-order valence-electron chi connectivity index (χ2n) is 6.96. The van der Waals surface area contributed by atoms with Crippen LogP contribution in [0.1, 0.15) is 16.7 Å². The van der Waals surface area contributed by atoms with Crippen LogP contribution in [0.25, 0.3) is 16.9 Å². The lowest BCUT2D eigenvalue weighted by atomic mass is 10.1. The Bertz CT molecular complexity index is 1100. The maximum absolute atomic E-state index is 12.5. The van der Waals surface area contributed by atoms with E-state index in [-0.39, 0.29) is 5.91 Å². The van der Waals surface area contributed by atoms with Crippen LogP contribution in [0.4, 0.5) is 0 Å². The van der Waals surface area contributed by atoms with Crippen LogP contribution in [0.2, 0.25) is 0 Å². The zero-order valence-electron chi connectivity index (χ0n) is 16.2. The Morgan fingerprint density at radius 2 is 1.79 bits per heavy atom. The fraction of sp³-hybridized carbons (Fsp3) is 0.125. The summed E-state index contributed by atoms with van der Waals surface area (Å²) >= 11 is 0. The van der Waals surface area contributed by atoms with E-state index in [4.69, 9.17) is 5.10 Å². The molecule has 4 aromatic rings. The lowest BCUT2D eigenvalue weighted by molar-refractivity contribution is -0.120. The molecule has 1 N–H and O–H groups in total. The van der Waals surface area contributed by atoms with E-state index in [0.717, 1.165) is 33.6 Å². The number of hydrogen-bond acceptors (Lipinski definition) is 3. The zero-order chi connectivity index (χ0) is 20.1. The summed E-state index contributed by atoms with van der Waals surface area (Å²) in [7, 11) is 0. The summed E-state index contributed by atoms with van der Waals surface area (Å²) in [5.74, 6) is -0.0104. The van der Waals surface area contributed by atoms with E-state index in [0.29, 0.717) is 13.0 Å². The maximum atomic E-state index is 12.5. The third-order valence-electron chi connectivity index (χ3n) is 4.69. The largest absolute Gasteiger partial charge is 0.352 e. The van der Waals surface area contributed by atoms with Gasteiger partial charge >= 0.3 is 0 Å². The maximum Gasteiger partial charge on any atom is 0.224 e. The lowest BCUT2D eigenvalue weighted by Gasteiger charge is -2.06. The number of hydrogen-bond donors (Lipinski definition) is 1. The molecule has 29 heavy (non-hydrogen) atoms. The monoisotopic (exact) mass is 382 g/mol. The number of rotatable bonds is 6. The molecule has 4 rings (SSSR count). The molecular formula is C24H22N4O. The molecule has 0 bridgehead atoms. The highest BCUT2D eigenvalue weighted by Crippen LogP contribution is 2.23. The van der Waals surface area contributed by atoms with Crippen molar-refractivity contribution in [2.24, 2.45) is 0 Å². The first-order valence-electron chi connectivity index (χ1n) is 9.55. The van der Waals surface area contributed by atoms with Crippen LogP contribution >= 0.6 is 0 Å². The smallest absolute Gasteiger partial charge is 0.224 e. The van der Waals surface area contributed by atoms with Crippen LogP contribution in [0.15, 0.2) is 85.3 Å². The summed E-state index contributed by atoms with van der Waals surface area (Å²) in [5.41, 5.74) is 5.90. The van der Waals surface area contributed by atoms with Crippen LogP contribution in [-0.2, 0) is 17.8 Å². The van der Waals surface area contributed by atoms with Gasteiger partial charge in [0.05, 0.1) is 17.8 Å². The number of benzene rings is 2. The Kier molecular flexibility index (Phi) is 5.47. The first kappa shape index (κ1) is 18.6. The van der Waals surface area contributed by atoms with E-state index >= 15 is 0 Å². The zero-order valence-corrected chi connectivity index (χ0v) is 16.2. The molecule has 2 heterocycles. The van der Waals surface area contributed by atoms with Gasteiger partial charge in [0, 0.05) is 36.3 Å². The fourth-order valence-electron chi connectivity index (χ4n) is 3.27. The van der Waals surface area contributed by atoms with Crippen LogP contribution in [0.3, 0.4) is 0 Å². The van der Waals surface area contributed by atoms with Gasteiger partial charge in [-0.15, -0.1) is 0 Å². The van der Waals surface area contributed by atoms with E-state index < -0.39 is 0 Å². The molecule has 1 amide bonds. The fourth-order valence-corrected chi connectivity index (χ4v) is 3.27.